The maximum absolute atomic E-state index is 6.26. The molecule has 0 radical (unpaired) electrons. The van der Waals surface area contributed by atoms with E-state index in [2.05, 4.69) is 18.3 Å². The average Bonchev–Trinajstić information content (AvgIpc) is 2.49. The Bertz CT molecular complexity index is 374. The van der Waals surface area contributed by atoms with E-state index in [1.807, 2.05) is 18.2 Å². The number of rotatable bonds is 12. The van der Waals surface area contributed by atoms with Gasteiger partial charge in [-0.3, -0.25) is 0 Å². The van der Waals surface area contributed by atoms with Crippen LogP contribution in [0.4, 0.5) is 0 Å². The molecule has 1 rings (SSSR count). The molecule has 120 valence electrons. The zero-order valence-electron chi connectivity index (χ0n) is 13.2. The second-order valence-electron chi connectivity index (χ2n) is 5.26. The van der Waals surface area contributed by atoms with Gasteiger partial charge in [-0.2, -0.15) is 0 Å². The summed E-state index contributed by atoms with van der Waals surface area (Å²) in [6.07, 6.45) is 3.18. The van der Waals surface area contributed by atoms with Gasteiger partial charge < -0.3 is 14.8 Å². The Kier molecular flexibility index (Phi) is 10.5. The molecule has 0 aliphatic carbocycles. The van der Waals surface area contributed by atoms with Crippen molar-refractivity contribution < 1.29 is 9.47 Å². The van der Waals surface area contributed by atoms with Crippen molar-refractivity contribution in [1.29, 1.82) is 0 Å². The summed E-state index contributed by atoms with van der Waals surface area (Å²) in [5.74, 6) is 0.541. The molecule has 0 saturated carbocycles. The van der Waals surface area contributed by atoms with Crippen LogP contribution in [0.2, 0.25) is 5.02 Å². The molecule has 1 aromatic rings. The maximum Gasteiger partial charge on any atom is 0.0700 e. The highest BCUT2D eigenvalue weighted by Gasteiger charge is 2.11. The van der Waals surface area contributed by atoms with Gasteiger partial charge in [0.1, 0.15) is 0 Å². The van der Waals surface area contributed by atoms with E-state index >= 15 is 0 Å². The van der Waals surface area contributed by atoms with E-state index in [0.29, 0.717) is 19.1 Å². The van der Waals surface area contributed by atoms with Crippen LogP contribution < -0.4 is 5.32 Å². The number of hydrogen-bond acceptors (Lipinski definition) is 3. The van der Waals surface area contributed by atoms with Crippen LogP contribution in [-0.2, 0) is 15.9 Å². The summed E-state index contributed by atoms with van der Waals surface area (Å²) >= 11 is 6.26. The highest BCUT2D eigenvalue weighted by atomic mass is 35.5. The summed E-state index contributed by atoms with van der Waals surface area (Å²) in [6, 6.07) is 8.10. The minimum Gasteiger partial charge on any atom is -0.382 e. The number of methoxy groups -OCH3 is 1. The van der Waals surface area contributed by atoms with E-state index in [9.17, 15) is 0 Å². The van der Waals surface area contributed by atoms with E-state index in [-0.39, 0.29) is 0 Å². The summed E-state index contributed by atoms with van der Waals surface area (Å²) in [6.45, 7) is 6.34. The van der Waals surface area contributed by atoms with Gasteiger partial charge in [-0.15, -0.1) is 0 Å². The largest absolute Gasteiger partial charge is 0.382 e. The Labute approximate surface area is 134 Å². The molecule has 0 amide bonds. The zero-order valence-corrected chi connectivity index (χ0v) is 14.0. The predicted octanol–water partition coefficient (Wildman–Crippen LogP) is 3.55. The van der Waals surface area contributed by atoms with Crippen LogP contribution in [-0.4, -0.2) is 40.0 Å². The standard InChI is InChI=1S/C17H28ClNO2/c1-3-9-19-14-15(8-10-21-12-11-20-2)13-16-6-4-5-7-17(16)18/h4-7,15,19H,3,8-14H2,1-2H3. The summed E-state index contributed by atoms with van der Waals surface area (Å²) in [7, 11) is 1.69. The van der Waals surface area contributed by atoms with E-state index < -0.39 is 0 Å². The summed E-state index contributed by atoms with van der Waals surface area (Å²) in [4.78, 5) is 0. The Balaban J connectivity index is 2.41. The molecular formula is C17H28ClNO2. The lowest BCUT2D eigenvalue weighted by molar-refractivity contribution is 0.0636. The van der Waals surface area contributed by atoms with Crippen LogP contribution in [0.5, 0.6) is 0 Å². The van der Waals surface area contributed by atoms with Crippen LogP contribution in [0.25, 0.3) is 0 Å². The van der Waals surface area contributed by atoms with Crippen molar-refractivity contribution in [2.75, 3.05) is 40.0 Å². The van der Waals surface area contributed by atoms with Crippen molar-refractivity contribution in [3.63, 3.8) is 0 Å². The molecule has 1 aromatic carbocycles. The lowest BCUT2D eigenvalue weighted by atomic mass is 9.96. The number of halogens is 1. The smallest absolute Gasteiger partial charge is 0.0700 e. The van der Waals surface area contributed by atoms with Crippen molar-refractivity contribution in [2.45, 2.75) is 26.2 Å². The van der Waals surface area contributed by atoms with Gasteiger partial charge >= 0.3 is 0 Å². The molecule has 21 heavy (non-hydrogen) atoms. The third-order valence-electron chi connectivity index (χ3n) is 3.43. The van der Waals surface area contributed by atoms with Crippen LogP contribution in [0.3, 0.4) is 0 Å². The first kappa shape index (κ1) is 18.4. The first-order chi connectivity index (χ1) is 10.3. The second kappa shape index (κ2) is 12.0. The fourth-order valence-electron chi connectivity index (χ4n) is 2.23. The fourth-order valence-corrected chi connectivity index (χ4v) is 2.44. The van der Waals surface area contributed by atoms with Crippen LogP contribution in [0, 0.1) is 5.92 Å². The van der Waals surface area contributed by atoms with Gasteiger partial charge in [-0.05, 0) is 49.9 Å². The van der Waals surface area contributed by atoms with Crippen LogP contribution in [0.15, 0.2) is 24.3 Å². The van der Waals surface area contributed by atoms with Gasteiger partial charge in [0.15, 0.2) is 0 Å². The quantitative estimate of drug-likeness (QED) is 0.599. The van der Waals surface area contributed by atoms with Gasteiger partial charge in [-0.25, -0.2) is 0 Å². The van der Waals surface area contributed by atoms with Gasteiger partial charge in [0, 0.05) is 18.7 Å². The number of hydrogen-bond donors (Lipinski definition) is 1. The van der Waals surface area contributed by atoms with Crippen molar-refractivity contribution >= 4 is 11.6 Å². The second-order valence-corrected chi connectivity index (χ2v) is 5.67. The van der Waals surface area contributed by atoms with Gasteiger partial charge in [0.25, 0.3) is 0 Å². The Hall–Kier alpha value is -0.610. The normalized spacial score (nSPS) is 12.5. The number of nitrogens with one attached hydrogen (secondary N) is 1. The van der Waals surface area contributed by atoms with Crippen molar-refractivity contribution in [2.24, 2.45) is 5.92 Å². The minimum absolute atomic E-state index is 0.541. The highest BCUT2D eigenvalue weighted by Crippen LogP contribution is 2.20. The van der Waals surface area contributed by atoms with E-state index in [0.717, 1.165) is 44.0 Å². The SMILES string of the molecule is CCCNCC(CCOCCOC)Cc1ccccc1Cl. The third-order valence-corrected chi connectivity index (χ3v) is 3.80. The van der Waals surface area contributed by atoms with Crippen LogP contribution >= 0.6 is 11.6 Å². The molecule has 0 heterocycles. The topological polar surface area (TPSA) is 30.5 Å². The molecule has 1 N–H and O–H groups in total. The number of ether oxygens (including phenoxy) is 2. The van der Waals surface area contributed by atoms with E-state index in [4.69, 9.17) is 21.1 Å². The predicted molar refractivity (Wildman–Crippen MR) is 89.1 cm³/mol. The van der Waals surface area contributed by atoms with Gasteiger partial charge in [0.2, 0.25) is 0 Å². The molecule has 0 saturated heterocycles. The minimum atomic E-state index is 0.541. The summed E-state index contributed by atoms with van der Waals surface area (Å²) in [5.41, 5.74) is 1.22. The van der Waals surface area contributed by atoms with E-state index in [1.54, 1.807) is 7.11 Å². The summed E-state index contributed by atoms with van der Waals surface area (Å²) < 4.78 is 10.6. The fraction of sp³-hybridized carbons (Fsp3) is 0.647. The molecule has 0 aromatic heterocycles. The molecule has 4 heteroatoms. The first-order valence-electron chi connectivity index (χ1n) is 7.78. The maximum atomic E-state index is 6.26. The van der Waals surface area contributed by atoms with Gasteiger partial charge in [-0.1, -0.05) is 36.7 Å². The van der Waals surface area contributed by atoms with Crippen molar-refractivity contribution in [3.05, 3.63) is 34.9 Å². The molecule has 0 bridgehead atoms. The van der Waals surface area contributed by atoms with Crippen LogP contribution in [0.1, 0.15) is 25.3 Å². The Morgan fingerprint density at radius 2 is 2.00 bits per heavy atom. The summed E-state index contributed by atoms with van der Waals surface area (Å²) in [5, 5.41) is 4.36. The highest BCUT2D eigenvalue weighted by molar-refractivity contribution is 6.31. The third kappa shape index (κ3) is 8.42. The zero-order chi connectivity index (χ0) is 15.3. The molecule has 0 aliphatic rings. The molecule has 0 aliphatic heterocycles. The van der Waals surface area contributed by atoms with E-state index in [1.165, 1.54) is 5.56 Å². The Morgan fingerprint density at radius 1 is 1.19 bits per heavy atom. The van der Waals surface area contributed by atoms with Crippen molar-refractivity contribution in [1.82, 2.24) is 5.32 Å². The molecule has 3 nitrogen and oxygen atoms in total. The van der Waals surface area contributed by atoms with Crippen molar-refractivity contribution in [3.8, 4) is 0 Å². The lowest BCUT2D eigenvalue weighted by Gasteiger charge is -2.18. The number of benzene rings is 1. The Morgan fingerprint density at radius 3 is 2.71 bits per heavy atom. The molecule has 1 atom stereocenters. The monoisotopic (exact) mass is 313 g/mol. The first-order valence-corrected chi connectivity index (χ1v) is 8.16. The molecular weight excluding hydrogens is 286 g/mol. The average molecular weight is 314 g/mol. The molecule has 0 spiro atoms. The van der Waals surface area contributed by atoms with Gasteiger partial charge in [0.05, 0.1) is 13.2 Å². The molecule has 1 unspecified atom stereocenters. The molecule has 0 fully saturated rings. The lowest BCUT2D eigenvalue weighted by Crippen LogP contribution is -2.26.